The lowest BCUT2D eigenvalue weighted by Crippen LogP contribution is -1.90. The number of carbonyl (C=O) groups excluding carboxylic acids is 1. The van der Waals surface area contributed by atoms with Gasteiger partial charge in [0.1, 0.15) is 11.5 Å². The summed E-state index contributed by atoms with van der Waals surface area (Å²) in [5, 5.41) is 1.12. The van der Waals surface area contributed by atoms with Gasteiger partial charge in [0.05, 0.1) is 5.56 Å². The standard InChI is InChI=1S/C13H8Cl2O2/c14-10-1-4-12(5-2-10)17-13-6-3-11(15)7-9(13)8-16/h1-8H. The lowest BCUT2D eigenvalue weighted by atomic mass is 10.2. The summed E-state index contributed by atoms with van der Waals surface area (Å²) < 4.78 is 5.56. The van der Waals surface area contributed by atoms with Gasteiger partial charge in [-0.15, -0.1) is 0 Å². The van der Waals surface area contributed by atoms with Crippen molar-refractivity contribution >= 4 is 29.5 Å². The number of aldehydes is 1. The molecule has 0 N–H and O–H groups in total. The number of hydrogen-bond donors (Lipinski definition) is 0. The van der Waals surface area contributed by atoms with Gasteiger partial charge in [0.25, 0.3) is 0 Å². The van der Waals surface area contributed by atoms with E-state index in [1.54, 1.807) is 42.5 Å². The van der Waals surface area contributed by atoms with Crippen molar-refractivity contribution in [1.29, 1.82) is 0 Å². The van der Waals surface area contributed by atoms with Crippen LogP contribution in [-0.2, 0) is 0 Å². The molecule has 0 unspecified atom stereocenters. The second kappa shape index (κ2) is 5.21. The first-order valence-corrected chi connectivity index (χ1v) is 5.63. The van der Waals surface area contributed by atoms with Gasteiger partial charge in [0.2, 0.25) is 0 Å². The highest BCUT2D eigenvalue weighted by Crippen LogP contribution is 2.27. The molecule has 0 spiro atoms. The first-order valence-electron chi connectivity index (χ1n) is 4.87. The van der Waals surface area contributed by atoms with Crippen LogP contribution >= 0.6 is 23.2 Å². The fraction of sp³-hybridized carbons (Fsp3) is 0. The third kappa shape index (κ3) is 2.99. The predicted octanol–water partition coefficient (Wildman–Crippen LogP) is 4.60. The maximum atomic E-state index is 10.9. The van der Waals surface area contributed by atoms with Gasteiger partial charge in [-0.1, -0.05) is 23.2 Å². The second-order valence-corrected chi connectivity index (χ2v) is 4.23. The van der Waals surface area contributed by atoms with Gasteiger partial charge in [-0.3, -0.25) is 4.79 Å². The molecule has 0 saturated carbocycles. The zero-order valence-electron chi connectivity index (χ0n) is 8.69. The molecule has 0 aromatic heterocycles. The Bertz CT molecular complexity index is 536. The van der Waals surface area contributed by atoms with Crippen LogP contribution in [-0.4, -0.2) is 6.29 Å². The van der Waals surface area contributed by atoms with E-state index in [9.17, 15) is 4.79 Å². The molecule has 0 saturated heterocycles. The van der Waals surface area contributed by atoms with Crippen LogP contribution in [0.15, 0.2) is 42.5 Å². The minimum absolute atomic E-state index is 0.410. The monoisotopic (exact) mass is 266 g/mol. The van der Waals surface area contributed by atoms with Gasteiger partial charge in [0.15, 0.2) is 6.29 Å². The van der Waals surface area contributed by atoms with Crippen molar-refractivity contribution in [2.75, 3.05) is 0 Å². The molecule has 0 heterocycles. The normalized spacial score (nSPS) is 10.0. The SMILES string of the molecule is O=Cc1cc(Cl)ccc1Oc1ccc(Cl)cc1. The third-order valence-electron chi connectivity index (χ3n) is 2.14. The number of benzene rings is 2. The average molecular weight is 267 g/mol. The summed E-state index contributed by atoms with van der Waals surface area (Å²) in [5.41, 5.74) is 0.410. The fourth-order valence-electron chi connectivity index (χ4n) is 1.33. The highest BCUT2D eigenvalue weighted by atomic mass is 35.5. The summed E-state index contributed by atoms with van der Waals surface area (Å²) in [6.07, 6.45) is 0.705. The van der Waals surface area contributed by atoms with Crippen LogP contribution in [0.3, 0.4) is 0 Å². The smallest absolute Gasteiger partial charge is 0.153 e. The van der Waals surface area contributed by atoms with Crippen LogP contribution in [0.4, 0.5) is 0 Å². The summed E-state index contributed by atoms with van der Waals surface area (Å²) in [6, 6.07) is 11.8. The Morgan fingerprint density at radius 3 is 2.24 bits per heavy atom. The highest BCUT2D eigenvalue weighted by molar-refractivity contribution is 6.31. The fourth-order valence-corrected chi connectivity index (χ4v) is 1.64. The van der Waals surface area contributed by atoms with Crippen molar-refractivity contribution in [1.82, 2.24) is 0 Å². The number of ether oxygens (including phenoxy) is 1. The molecule has 0 amide bonds. The lowest BCUT2D eigenvalue weighted by Gasteiger charge is -2.08. The van der Waals surface area contributed by atoms with Gasteiger partial charge < -0.3 is 4.74 Å². The molecular formula is C13H8Cl2O2. The van der Waals surface area contributed by atoms with E-state index < -0.39 is 0 Å². The summed E-state index contributed by atoms with van der Waals surface area (Å²) >= 11 is 11.6. The molecule has 0 aliphatic rings. The Hall–Kier alpha value is -1.51. The molecule has 0 atom stereocenters. The van der Waals surface area contributed by atoms with E-state index in [1.165, 1.54) is 0 Å². The molecule has 2 rings (SSSR count). The van der Waals surface area contributed by atoms with E-state index in [4.69, 9.17) is 27.9 Å². The molecule has 4 heteroatoms. The van der Waals surface area contributed by atoms with Gasteiger partial charge >= 0.3 is 0 Å². The third-order valence-corrected chi connectivity index (χ3v) is 2.63. The molecule has 2 aromatic rings. The second-order valence-electron chi connectivity index (χ2n) is 3.36. The van der Waals surface area contributed by atoms with Crippen LogP contribution in [0, 0.1) is 0 Å². The first-order chi connectivity index (χ1) is 8.19. The van der Waals surface area contributed by atoms with Crippen molar-refractivity contribution in [3.8, 4) is 11.5 Å². The van der Waals surface area contributed by atoms with Crippen molar-refractivity contribution in [2.24, 2.45) is 0 Å². The lowest BCUT2D eigenvalue weighted by molar-refractivity contribution is 0.112. The summed E-state index contributed by atoms with van der Waals surface area (Å²) in [5.74, 6) is 1.08. The Kier molecular flexibility index (Phi) is 3.67. The molecule has 0 bridgehead atoms. The maximum Gasteiger partial charge on any atom is 0.153 e. The van der Waals surface area contributed by atoms with Gasteiger partial charge in [-0.05, 0) is 42.5 Å². The van der Waals surface area contributed by atoms with Gasteiger partial charge in [-0.2, -0.15) is 0 Å². The molecule has 2 nitrogen and oxygen atoms in total. The number of hydrogen-bond acceptors (Lipinski definition) is 2. The van der Waals surface area contributed by atoms with Crippen molar-refractivity contribution in [3.05, 3.63) is 58.1 Å². The predicted molar refractivity (Wildman–Crippen MR) is 68.4 cm³/mol. The molecule has 17 heavy (non-hydrogen) atoms. The van der Waals surface area contributed by atoms with Gasteiger partial charge in [-0.25, -0.2) is 0 Å². The highest BCUT2D eigenvalue weighted by Gasteiger charge is 2.05. The summed E-state index contributed by atoms with van der Waals surface area (Å²) in [4.78, 5) is 10.9. The van der Waals surface area contributed by atoms with E-state index in [2.05, 4.69) is 0 Å². The molecule has 0 aliphatic heterocycles. The summed E-state index contributed by atoms with van der Waals surface area (Å²) in [7, 11) is 0. The minimum atomic E-state index is 0.410. The van der Waals surface area contributed by atoms with Crippen LogP contribution in [0.25, 0.3) is 0 Å². The topological polar surface area (TPSA) is 26.3 Å². The molecule has 0 aliphatic carbocycles. The number of carbonyl (C=O) groups is 1. The van der Waals surface area contributed by atoms with E-state index >= 15 is 0 Å². The zero-order valence-corrected chi connectivity index (χ0v) is 10.2. The summed E-state index contributed by atoms with van der Waals surface area (Å²) in [6.45, 7) is 0. The van der Waals surface area contributed by atoms with E-state index in [0.29, 0.717) is 33.4 Å². The van der Waals surface area contributed by atoms with E-state index in [0.717, 1.165) is 0 Å². The Morgan fingerprint density at radius 1 is 0.941 bits per heavy atom. The van der Waals surface area contributed by atoms with Crippen LogP contribution in [0.5, 0.6) is 11.5 Å². The largest absolute Gasteiger partial charge is 0.457 e. The maximum absolute atomic E-state index is 10.9. The van der Waals surface area contributed by atoms with Crippen molar-refractivity contribution in [2.45, 2.75) is 0 Å². The minimum Gasteiger partial charge on any atom is -0.457 e. The van der Waals surface area contributed by atoms with Crippen LogP contribution in [0.1, 0.15) is 10.4 Å². The molecule has 0 fully saturated rings. The molecule has 2 aromatic carbocycles. The Labute approximate surface area is 109 Å². The van der Waals surface area contributed by atoms with Gasteiger partial charge in [0, 0.05) is 10.0 Å². The first kappa shape index (κ1) is 12.0. The number of halogens is 2. The molecule has 86 valence electrons. The van der Waals surface area contributed by atoms with Crippen molar-refractivity contribution in [3.63, 3.8) is 0 Å². The Balaban J connectivity index is 2.29. The molecular weight excluding hydrogens is 259 g/mol. The zero-order chi connectivity index (χ0) is 12.3. The van der Waals surface area contributed by atoms with E-state index in [-0.39, 0.29) is 0 Å². The van der Waals surface area contributed by atoms with Crippen LogP contribution < -0.4 is 4.74 Å². The van der Waals surface area contributed by atoms with E-state index in [1.807, 2.05) is 0 Å². The van der Waals surface area contributed by atoms with Crippen LogP contribution in [0.2, 0.25) is 10.0 Å². The number of rotatable bonds is 3. The Morgan fingerprint density at radius 2 is 1.59 bits per heavy atom. The average Bonchev–Trinajstić information content (AvgIpc) is 2.34. The van der Waals surface area contributed by atoms with Crippen molar-refractivity contribution < 1.29 is 9.53 Å². The quantitative estimate of drug-likeness (QED) is 0.760. The molecule has 0 radical (unpaired) electrons.